The highest BCUT2D eigenvalue weighted by Gasteiger charge is 2.43. The molecule has 0 radical (unpaired) electrons. The second kappa shape index (κ2) is 9.09. The summed E-state index contributed by atoms with van der Waals surface area (Å²) in [7, 11) is -2.43. The van der Waals surface area contributed by atoms with Crippen molar-refractivity contribution in [3.05, 3.63) is 98.3 Å². The van der Waals surface area contributed by atoms with Crippen molar-refractivity contribution in [2.45, 2.75) is 32.5 Å². The molecule has 0 unspecified atom stereocenters. The van der Waals surface area contributed by atoms with Gasteiger partial charge in [-0.25, -0.2) is 24.3 Å². The third kappa shape index (κ3) is 3.73. The molecule has 6 rings (SSSR count). The van der Waals surface area contributed by atoms with Crippen molar-refractivity contribution in [1.82, 2.24) is 0 Å². The molecule has 1 aliphatic carbocycles. The number of halogens is 3. The number of nitrogens with zero attached hydrogens (tertiary/aromatic N) is 3. The Morgan fingerprint density at radius 1 is 1.10 bits per heavy atom. The summed E-state index contributed by atoms with van der Waals surface area (Å²) in [5.41, 5.74) is 0.943. The molecule has 2 aromatic carbocycles. The lowest BCUT2D eigenvalue weighted by atomic mass is 9.85. The van der Waals surface area contributed by atoms with E-state index in [2.05, 4.69) is 39.6 Å². The molecule has 2 fully saturated rings. The van der Waals surface area contributed by atoms with Crippen LogP contribution in [0, 0.1) is 24.0 Å². The van der Waals surface area contributed by atoms with Crippen LogP contribution in [0.5, 0.6) is 0 Å². The normalized spacial score (nSPS) is 19.1. The Balaban J connectivity index is 1.72. The highest BCUT2D eigenvalue weighted by atomic mass is 28.3. The Labute approximate surface area is 225 Å². The molecule has 2 aromatic rings. The van der Waals surface area contributed by atoms with E-state index in [0.29, 0.717) is 11.1 Å². The molecule has 2 saturated heterocycles. The zero-order valence-corrected chi connectivity index (χ0v) is 22.7. The van der Waals surface area contributed by atoms with Gasteiger partial charge in [-0.3, -0.25) is 0 Å². The van der Waals surface area contributed by atoms with E-state index < -0.39 is 54.7 Å². The first-order valence-electron chi connectivity index (χ1n) is 13.1. The van der Waals surface area contributed by atoms with Gasteiger partial charge < -0.3 is 19.6 Å². The van der Waals surface area contributed by atoms with Crippen LogP contribution in [0.1, 0.15) is 39.9 Å². The molecule has 0 atom stereocenters. The topological polar surface area (TPSA) is 50.7 Å². The molecule has 0 saturated carbocycles. The van der Waals surface area contributed by atoms with Crippen molar-refractivity contribution >= 4 is 36.2 Å². The molecule has 0 N–H and O–H groups in total. The number of anilines is 1. The number of hydrogen-bond acceptors (Lipinski definition) is 3. The average molecular weight is 546 g/mol. The number of aromatic carboxylic acids is 1. The van der Waals surface area contributed by atoms with E-state index in [0.717, 1.165) is 60.8 Å². The molecule has 3 heterocycles. The van der Waals surface area contributed by atoms with Crippen LogP contribution in [0.15, 0.2) is 47.2 Å². The molecule has 0 aromatic heterocycles. The third-order valence-electron chi connectivity index (χ3n) is 8.44. The van der Waals surface area contributed by atoms with Crippen molar-refractivity contribution in [1.29, 1.82) is 0 Å². The first-order chi connectivity index (χ1) is 18.6. The van der Waals surface area contributed by atoms with E-state index in [9.17, 15) is 14.3 Å². The molecule has 39 heavy (non-hydrogen) atoms. The first kappa shape index (κ1) is 25.4. The van der Waals surface area contributed by atoms with E-state index in [1.165, 1.54) is 0 Å². The minimum atomic E-state index is -2.43. The minimum Gasteiger partial charge on any atom is -0.545 e. The lowest BCUT2D eigenvalue weighted by Gasteiger charge is -2.40. The smallest absolute Gasteiger partial charge is 0.245 e. The van der Waals surface area contributed by atoms with Crippen molar-refractivity contribution in [3.8, 4) is 0 Å². The van der Waals surface area contributed by atoms with Gasteiger partial charge in [0.05, 0.1) is 12.4 Å². The van der Waals surface area contributed by atoms with Crippen molar-refractivity contribution in [2.24, 2.45) is 0 Å². The Morgan fingerprint density at radius 2 is 1.85 bits per heavy atom. The fourth-order valence-corrected chi connectivity index (χ4v) is 9.06. The second-order valence-electron chi connectivity index (χ2n) is 10.9. The quantitative estimate of drug-likeness (QED) is 0.255. The van der Waals surface area contributed by atoms with Gasteiger partial charge in [0.25, 0.3) is 0 Å². The molecular weight excluding hydrogens is 519 g/mol. The Kier molecular flexibility index (Phi) is 5.92. The first-order valence-corrected chi connectivity index (χ1v) is 16.1. The summed E-state index contributed by atoms with van der Waals surface area (Å²) < 4.78 is 48.5. The van der Waals surface area contributed by atoms with Gasteiger partial charge >= 0.3 is 0 Å². The molecule has 0 spiro atoms. The largest absolute Gasteiger partial charge is 0.545 e. The number of rotatable bonds is 4. The fourth-order valence-electron chi connectivity index (χ4n) is 5.99. The summed E-state index contributed by atoms with van der Waals surface area (Å²) in [5, 5.41) is 14.2. The van der Waals surface area contributed by atoms with E-state index in [1.54, 1.807) is 0 Å². The summed E-state index contributed by atoms with van der Waals surface area (Å²) in [4.78, 5) is 17.5. The highest BCUT2D eigenvalue weighted by Crippen LogP contribution is 2.45. The Bertz CT molecular complexity index is 1640. The van der Waals surface area contributed by atoms with Crippen LogP contribution in [0.2, 0.25) is 13.1 Å². The van der Waals surface area contributed by atoms with Crippen LogP contribution in [0.4, 0.5) is 18.9 Å². The fraction of sp³-hybridized carbons (Fsp3) is 0.300. The van der Waals surface area contributed by atoms with E-state index in [4.69, 9.17) is 6.57 Å². The maximum Gasteiger partial charge on any atom is 0.245 e. The summed E-state index contributed by atoms with van der Waals surface area (Å²) in [6.45, 7) is 14.5. The number of benzene rings is 2. The predicted molar refractivity (Wildman–Crippen MR) is 144 cm³/mol. The maximum absolute atomic E-state index is 16.2. The lowest BCUT2D eigenvalue weighted by Crippen LogP contribution is -2.50. The molecule has 4 aliphatic rings. The number of carboxylic acids is 1. The van der Waals surface area contributed by atoms with E-state index in [1.807, 2.05) is 24.3 Å². The molecule has 0 amide bonds. The van der Waals surface area contributed by atoms with Crippen molar-refractivity contribution in [2.75, 3.05) is 31.1 Å². The van der Waals surface area contributed by atoms with Crippen molar-refractivity contribution < 1.29 is 27.6 Å². The van der Waals surface area contributed by atoms with E-state index >= 15 is 8.78 Å². The molecule has 3 aliphatic heterocycles. The number of hydrogen-bond donors (Lipinski definition) is 0. The van der Waals surface area contributed by atoms with Crippen molar-refractivity contribution in [3.63, 3.8) is 0 Å². The van der Waals surface area contributed by atoms with Gasteiger partial charge in [-0.2, -0.15) is 0 Å². The van der Waals surface area contributed by atoms with Gasteiger partial charge in [-0.1, -0.05) is 19.2 Å². The van der Waals surface area contributed by atoms with Crippen LogP contribution >= 0.6 is 0 Å². The number of allylic oxidation sites excluding steroid dienone is 5. The van der Waals surface area contributed by atoms with Crippen LogP contribution < -0.4 is 15.2 Å². The lowest BCUT2D eigenvalue weighted by molar-refractivity contribution is -0.582. The van der Waals surface area contributed by atoms with Crippen LogP contribution in [0.3, 0.4) is 0 Å². The Morgan fingerprint density at radius 3 is 2.44 bits per heavy atom. The molecular formula is C30H26F3N3O2Si. The van der Waals surface area contributed by atoms with Crippen LogP contribution in [-0.4, -0.2) is 50.5 Å². The number of carboxylic acid groups (broad SMARTS) is 1. The Hall–Kier alpha value is -3.90. The molecule has 9 heteroatoms. The van der Waals surface area contributed by atoms with Crippen LogP contribution in [0.25, 0.3) is 10.4 Å². The number of fused-ring (bicyclic) bond motifs is 2. The third-order valence-corrected chi connectivity index (χ3v) is 12.0. The maximum atomic E-state index is 16.2. The number of carbonyl (C=O) groups is 1. The van der Waals surface area contributed by atoms with Gasteiger partial charge in [0.1, 0.15) is 32.5 Å². The van der Waals surface area contributed by atoms with Gasteiger partial charge in [0.2, 0.25) is 6.54 Å². The predicted octanol–water partition coefficient (Wildman–Crippen LogP) is 3.72. The highest BCUT2D eigenvalue weighted by molar-refractivity contribution is 6.98. The standard InChI is InChI=1S/C30H26F3N3O2Si/c1-34-16-21-27(31)25(26(30(37)38)29(33)28(21)32)24-19-8-6-17(35-10-4-11-35)14-22(19)39(2,3)23-15-18(7-9-20(23)24)36-12-5-13-36/h6-9,14-15H,4-5,10-13,16H2,2-3H3. The molecule has 198 valence electrons. The van der Waals surface area contributed by atoms with Gasteiger partial charge in [0.15, 0.2) is 17.3 Å². The summed E-state index contributed by atoms with van der Waals surface area (Å²) in [6, 6.07) is 5.85. The van der Waals surface area contributed by atoms with Gasteiger partial charge in [-0.15, -0.1) is 0 Å². The van der Waals surface area contributed by atoms with E-state index in [-0.39, 0.29) is 5.57 Å². The van der Waals surface area contributed by atoms with Gasteiger partial charge in [0, 0.05) is 42.1 Å². The summed E-state index contributed by atoms with van der Waals surface area (Å²) >= 11 is 0. The SMILES string of the molecule is [C-]#[N+]Cc1c(F)c(F)c(C(=O)[O-])c(C2=C3C=CC(=[N+]4CCC4)C=C3[Si](C)(C)c3cc(N4CCC4)ccc32)c1F. The average Bonchev–Trinajstić information content (AvgIpc) is 2.83. The zero-order chi connectivity index (χ0) is 27.6. The van der Waals surface area contributed by atoms with Gasteiger partial charge in [-0.05, 0) is 51.7 Å². The monoisotopic (exact) mass is 545 g/mol. The number of carbonyl (C=O) groups excluding carboxylic acids is 1. The molecule has 0 bridgehead atoms. The minimum absolute atomic E-state index is 0.193. The second-order valence-corrected chi connectivity index (χ2v) is 15.2. The molecule has 5 nitrogen and oxygen atoms in total. The summed E-state index contributed by atoms with van der Waals surface area (Å²) in [5.74, 6) is -6.63. The van der Waals surface area contributed by atoms with Crippen LogP contribution in [-0.2, 0) is 6.54 Å². The zero-order valence-electron chi connectivity index (χ0n) is 21.7. The summed E-state index contributed by atoms with van der Waals surface area (Å²) in [6.07, 6.45) is 8.04.